The van der Waals surface area contributed by atoms with Crippen molar-refractivity contribution in [3.63, 3.8) is 0 Å². The number of anilines is 1. The van der Waals surface area contributed by atoms with Crippen LogP contribution in [0.5, 0.6) is 11.5 Å². The fraction of sp³-hybridized carbons (Fsp3) is 0.200. The lowest BCUT2D eigenvalue weighted by atomic mass is 10.1. The maximum atomic E-state index is 13.4. The number of nitrogens with one attached hydrogen (secondary N) is 1. The summed E-state index contributed by atoms with van der Waals surface area (Å²) < 4.78 is 12.8. The van der Waals surface area contributed by atoms with Crippen molar-refractivity contribution in [3.8, 4) is 17.2 Å². The summed E-state index contributed by atoms with van der Waals surface area (Å²) in [6.45, 7) is 6.20. The van der Waals surface area contributed by atoms with Crippen LogP contribution < -0.4 is 10.5 Å². The Labute approximate surface area is 230 Å². The average molecular weight is 542 g/mol. The van der Waals surface area contributed by atoms with Crippen LogP contribution in [0.3, 0.4) is 0 Å². The SMILES string of the molecule is Cc1cccc(Oc2ccc(-n3ncc(C(=O)c4cc5ccc(CN6CCOCC6)cc5[nH]4)c3N)c(Cl)c2)c1. The van der Waals surface area contributed by atoms with Gasteiger partial charge in [0.05, 0.1) is 41.4 Å². The number of morpholine rings is 1. The fourth-order valence-electron chi connectivity index (χ4n) is 4.82. The zero-order chi connectivity index (χ0) is 26.9. The summed E-state index contributed by atoms with van der Waals surface area (Å²) in [6, 6.07) is 21.1. The van der Waals surface area contributed by atoms with Crippen LogP contribution in [0, 0.1) is 6.92 Å². The highest BCUT2D eigenvalue weighted by Crippen LogP contribution is 2.31. The van der Waals surface area contributed by atoms with Crippen molar-refractivity contribution in [1.29, 1.82) is 0 Å². The van der Waals surface area contributed by atoms with Crippen LogP contribution in [0.15, 0.2) is 72.9 Å². The molecule has 5 aromatic rings. The second kappa shape index (κ2) is 10.6. The lowest BCUT2D eigenvalue weighted by Crippen LogP contribution is -2.35. The van der Waals surface area contributed by atoms with Gasteiger partial charge in [0.2, 0.25) is 5.78 Å². The molecule has 0 spiro atoms. The molecule has 1 aliphatic heterocycles. The van der Waals surface area contributed by atoms with Gasteiger partial charge in [0.15, 0.2) is 0 Å². The minimum Gasteiger partial charge on any atom is -0.457 e. The number of aryl methyl sites for hydroxylation is 1. The largest absolute Gasteiger partial charge is 0.457 e. The number of nitrogens with two attached hydrogens (primary N) is 1. The second-order valence-corrected chi connectivity index (χ2v) is 10.1. The molecule has 9 heteroatoms. The van der Waals surface area contributed by atoms with E-state index < -0.39 is 0 Å². The van der Waals surface area contributed by atoms with Crippen LogP contribution in [0.4, 0.5) is 5.82 Å². The summed E-state index contributed by atoms with van der Waals surface area (Å²) in [7, 11) is 0. The van der Waals surface area contributed by atoms with Crippen molar-refractivity contribution < 1.29 is 14.3 Å². The number of aromatic nitrogens is 3. The third-order valence-electron chi connectivity index (χ3n) is 6.87. The highest BCUT2D eigenvalue weighted by molar-refractivity contribution is 6.32. The molecule has 1 saturated heterocycles. The van der Waals surface area contributed by atoms with E-state index in [1.54, 1.807) is 18.2 Å². The Balaban J connectivity index is 1.22. The molecule has 1 fully saturated rings. The topological polar surface area (TPSA) is 98.4 Å². The predicted molar refractivity (Wildman–Crippen MR) is 152 cm³/mol. The Morgan fingerprint density at radius 2 is 1.90 bits per heavy atom. The quantitative estimate of drug-likeness (QED) is 0.254. The van der Waals surface area contributed by atoms with Crippen LogP contribution >= 0.6 is 11.6 Å². The standard InChI is InChI=1S/C30H28ClN5O3/c1-19-3-2-4-22(13-19)39-23-7-8-28(25(31)16-23)36-30(32)24(17-33-36)29(37)27-15-21-6-5-20(14-26(21)34-27)18-35-9-11-38-12-10-35/h2-8,13-17,34H,9-12,18,32H2,1H3. The monoisotopic (exact) mass is 541 g/mol. The van der Waals surface area contributed by atoms with Gasteiger partial charge in [-0.3, -0.25) is 9.69 Å². The molecule has 0 aliphatic carbocycles. The first-order valence-corrected chi connectivity index (χ1v) is 13.2. The van der Waals surface area contributed by atoms with Gasteiger partial charge in [-0.15, -0.1) is 0 Å². The van der Waals surface area contributed by atoms with Crippen molar-refractivity contribution in [3.05, 3.63) is 100 Å². The van der Waals surface area contributed by atoms with Gasteiger partial charge in [0.25, 0.3) is 0 Å². The van der Waals surface area contributed by atoms with Gasteiger partial charge in [-0.05, 0) is 54.4 Å². The molecular weight excluding hydrogens is 514 g/mol. The minimum atomic E-state index is -0.236. The first-order chi connectivity index (χ1) is 18.9. The van der Waals surface area contributed by atoms with Crippen LogP contribution in [-0.2, 0) is 11.3 Å². The summed E-state index contributed by atoms with van der Waals surface area (Å²) in [5.74, 6) is 1.28. The van der Waals surface area contributed by atoms with Gasteiger partial charge < -0.3 is 20.2 Å². The van der Waals surface area contributed by atoms with Gasteiger partial charge >= 0.3 is 0 Å². The molecular formula is C30H28ClN5O3. The summed E-state index contributed by atoms with van der Waals surface area (Å²) in [5.41, 5.74) is 10.9. The summed E-state index contributed by atoms with van der Waals surface area (Å²) >= 11 is 6.58. The number of ether oxygens (including phenoxy) is 2. The fourth-order valence-corrected chi connectivity index (χ4v) is 5.07. The number of ketones is 1. The van der Waals surface area contributed by atoms with E-state index in [0.717, 1.165) is 55.1 Å². The van der Waals surface area contributed by atoms with E-state index in [1.165, 1.54) is 16.4 Å². The molecule has 2 aromatic heterocycles. The molecule has 3 aromatic carbocycles. The van der Waals surface area contributed by atoms with Crippen molar-refractivity contribution >= 4 is 34.1 Å². The number of rotatable bonds is 7. The Hall–Kier alpha value is -4.11. The summed E-state index contributed by atoms with van der Waals surface area (Å²) in [6.07, 6.45) is 1.47. The van der Waals surface area contributed by atoms with Crippen LogP contribution in [0.25, 0.3) is 16.6 Å². The molecule has 0 amide bonds. The number of hydrogen-bond acceptors (Lipinski definition) is 6. The molecule has 0 radical (unpaired) electrons. The highest BCUT2D eigenvalue weighted by atomic mass is 35.5. The Kier molecular flexibility index (Phi) is 6.83. The molecule has 3 heterocycles. The van der Waals surface area contributed by atoms with E-state index in [2.05, 4.69) is 27.1 Å². The Morgan fingerprint density at radius 3 is 2.69 bits per heavy atom. The number of nitrogen functional groups attached to an aromatic ring is 1. The van der Waals surface area contributed by atoms with E-state index in [0.29, 0.717) is 27.7 Å². The normalized spacial score (nSPS) is 14.1. The maximum Gasteiger partial charge on any atom is 0.214 e. The van der Waals surface area contributed by atoms with Crippen molar-refractivity contribution in [2.24, 2.45) is 0 Å². The first-order valence-electron chi connectivity index (χ1n) is 12.8. The second-order valence-electron chi connectivity index (χ2n) is 9.71. The zero-order valence-corrected chi connectivity index (χ0v) is 22.2. The van der Waals surface area contributed by atoms with Crippen LogP contribution in [-0.4, -0.2) is 51.8 Å². The minimum absolute atomic E-state index is 0.209. The molecule has 0 saturated carbocycles. The third-order valence-corrected chi connectivity index (χ3v) is 7.17. The van der Waals surface area contributed by atoms with Crippen molar-refractivity contribution in [2.75, 3.05) is 32.0 Å². The lowest BCUT2D eigenvalue weighted by Gasteiger charge is -2.26. The summed E-state index contributed by atoms with van der Waals surface area (Å²) in [4.78, 5) is 19.0. The van der Waals surface area contributed by atoms with Crippen molar-refractivity contribution in [1.82, 2.24) is 19.7 Å². The molecule has 39 heavy (non-hydrogen) atoms. The van der Waals surface area contributed by atoms with Crippen LogP contribution in [0.1, 0.15) is 27.2 Å². The number of nitrogens with zero attached hydrogens (tertiary/aromatic N) is 3. The highest BCUT2D eigenvalue weighted by Gasteiger charge is 2.21. The van der Waals surface area contributed by atoms with Gasteiger partial charge in [-0.1, -0.05) is 35.9 Å². The van der Waals surface area contributed by atoms with Crippen molar-refractivity contribution in [2.45, 2.75) is 13.5 Å². The molecule has 1 aliphatic rings. The number of hydrogen-bond donors (Lipinski definition) is 2. The number of aromatic amines is 1. The molecule has 0 bridgehead atoms. The molecule has 198 valence electrons. The molecule has 6 rings (SSSR count). The smallest absolute Gasteiger partial charge is 0.214 e. The van der Waals surface area contributed by atoms with E-state index in [-0.39, 0.29) is 11.6 Å². The van der Waals surface area contributed by atoms with Gasteiger partial charge in [-0.25, -0.2) is 4.68 Å². The van der Waals surface area contributed by atoms with Gasteiger partial charge in [0, 0.05) is 36.6 Å². The number of fused-ring (bicyclic) bond motifs is 1. The summed E-state index contributed by atoms with van der Waals surface area (Å²) in [5, 5.41) is 5.72. The Bertz CT molecular complexity index is 1670. The number of benzene rings is 3. The van der Waals surface area contributed by atoms with E-state index >= 15 is 0 Å². The average Bonchev–Trinajstić information content (AvgIpc) is 3.52. The van der Waals surface area contributed by atoms with E-state index in [1.807, 2.05) is 43.3 Å². The number of carbonyl (C=O) groups is 1. The van der Waals surface area contributed by atoms with Gasteiger partial charge in [-0.2, -0.15) is 5.10 Å². The van der Waals surface area contributed by atoms with Crippen LogP contribution in [0.2, 0.25) is 5.02 Å². The number of halogens is 1. The molecule has 0 atom stereocenters. The Morgan fingerprint density at radius 1 is 1.08 bits per heavy atom. The van der Waals surface area contributed by atoms with E-state index in [4.69, 9.17) is 26.8 Å². The predicted octanol–water partition coefficient (Wildman–Crippen LogP) is 5.75. The molecule has 0 unspecified atom stereocenters. The lowest BCUT2D eigenvalue weighted by molar-refractivity contribution is 0.0342. The molecule has 3 N–H and O–H groups in total. The van der Waals surface area contributed by atoms with E-state index in [9.17, 15) is 4.79 Å². The third kappa shape index (κ3) is 5.27. The number of carbonyl (C=O) groups excluding carboxylic acids is 1. The maximum absolute atomic E-state index is 13.4. The first kappa shape index (κ1) is 25.2. The molecule has 8 nitrogen and oxygen atoms in total. The van der Waals surface area contributed by atoms with Gasteiger partial charge in [0.1, 0.15) is 17.3 Å². The zero-order valence-electron chi connectivity index (χ0n) is 21.5. The number of H-pyrrole nitrogens is 1.